The molecule has 0 bridgehead atoms. The van der Waals surface area contributed by atoms with Crippen LogP contribution in [-0.4, -0.2) is 59.1 Å². The highest BCUT2D eigenvalue weighted by Crippen LogP contribution is 2.43. The molecular weight excluding hydrogens is 593 g/mol. The number of hydrogen-bond acceptors (Lipinski definition) is 8. The van der Waals surface area contributed by atoms with Crippen LogP contribution in [0.2, 0.25) is 0 Å². The molecule has 4 rings (SSSR count). The second kappa shape index (κ2) is 18.3. The molecule has 0 aliphatic carbocycles. The van der Waals surface area contributed by atoms with Crippen LogP contribution in [-0.2, 0) is 6.42 Å². The van der Waals surface area contributed by atoms with Crippen molar-refractivity contribution in [2.24, 2.45) is 0 Å². The molecule has 0 saturated carbocycles. The van der Waals surface area contributed by atoms with Crippen LogP contribution in [0.5, 0.6) is 11.5 Å². The maximum Gasteiger partial charge on any atom is 0.119 e. The monoisotopic (exact) mass is 638 g/mol. The molecule has 44 heavy (non-hydrogen) atoms. The number of aliphatic hydroxyl groups is 4. The first-order chi connectivity index (χ1) is 21.5. The van der Waals surface area contributed by atoms with Gasteiger partial charge in [-0.15, -0.1) is 22.7 Å². The van der Waals surface area contributed by atoms with E-state index in [2.05, 4.69) is 37.3 Å². The first kappa shape index (κ1) is 34.2. The van der Waals surface area contributed by atoms with E-state index in [1.54, 1.807) is 11.3 Å². The van der Waals surface area contributed by atoms with E-state index in [0.717, 1.165) is 17.5 Å². The zero-order valence-electron chi connectivity index (χ0n) is 25.6. The minimum atomic E-state index is -0.888. The van der Waals surface area contributed by atoms with Crippen LogP contribution in [0.15, 0.2) is 66.7 Å². The Bertz CT molecular complexity index is 1360. The van der Waals surface area contributed by atoms with E-state index in [0.29, 0.717) is 11.5 Å². The van der Waals surface area contributed by atoms with E-state index in [-0.39, 0.29) is 26.4 Å². The van der Waals surface area contributed by atoms with E-state index in [1.807, 2.05) is 47.7 Å². The SMILES string of the molecule is CCCCCCCCCCc1cc(-c2ccc(-c3ccc(OCC(O)CO)cc3)s2)sc1-c1ccc(OCC(O)CO)cc1. The standard InChI is InChI=1S/C36H46O6S2/c1-2-3-4-5-6-7-8-9-10-28-21-35(44-36(28)27-13-17-32(18-14-27)42-25-30(40)23-38)34-20-19-33(43-34)26-11-15-31(16-12-26)41-24-29(39)22-37/h11-21,29-30,37-40H,2-10,22-25H2,1H3. The van der Waals surface area contributed by atoms with Gasteiger partial charge in [0, 0.05) is 19.5 Å². The first-order valence-corrected chi connectivity index (χ1v) is 17.4. The maximum atomic E-state index is 9.61. The summed E-state index contributed by atoms with van der Waals surface area (Å²) in [5, 5.41) is 37.2. The van der Waals surface area contributed by atoms with Crippen LogP contribution in [0, 0.1) is 0 Å². The molecule has 0 aliphatic rings. The molecule has 0 aliphatic heterocycles. The van der Waals surface area contributed by atoms with Gasteiger partial charge in [-0.1, -0.05) is 51.9 Å². The summed E-state index contributed by atoms with van der Waals surface area (Å²) >= 11 is 3.60. The number of aryl methyl sites for hydroxylation is 1. The third-order valence-corrected chi connectivity index (χ3v) is 10.1. The van der Waals surface area contributed by atoms with Crippen LogP contribution in [0.3, 0.4) is 0 Å². The third-order valence-electron chi connectivity index (χ3n) is 7.52. The van der Waals surface area contributed by atoms with Gasteiger partial charge < -0.3 is 29.9 Å². The van der Waals surface area contributed by atoms with Crippen molar-refractivity contribution in [1.29, 1.82) is 0 Å². The highest BCUT2D eigenvalue weighted by molar-refractivity contribution is 7.25. The molecule has 0 fully saturated rings. The van der Waals surface area contributed by atoms with Crippen LogP contribution < -0.4 is 9.47 Å². The summed E-state index contributed by atoms with van der Waals surface area (Å²) in [5.74, 6) is 1.33. The van der Waals surface area contributed by atoms with Gasteiger partial charge in [0.1, 0.15) is 36.9 Å². The molecule has 2 heterocycles. The van der Waals surface area contributed by atoms with Crippen molar-refractivity contribution in [2.75, 3.05) is 26.4 Å². The lowest BCUT2D eigenvalue weighted by Crippen LogP contribution is -2.21. The van der Waals surface area contributed by atoms with Crippen LogP contribution in [0.4, 0.5) is 0 Å². The van der Waals surface area contributed by atoms with Gasteiger partial charge in [0.15, 0.2) is 0 Å². The smallest absolute Gasteiger partial charge is 0.119 e. The molecular formula is C36H46O6S2. The second-order valence-electron chi connectivity index (χ2n) is 11.2. The van der Waals surface area contributed by atoms with Crippen molar-refractivity contribution >= 4 is 22.7 Å². The molecule has 2 aromatic carbocycles. The van der Waals surface area contributed by atoms with Crippen molar-refractivity contribution in [3.05, 3.63) is 72.3 Å². The summed E-state index contributed by atoms with van der Waals surface area (Å²) < 4.78 is 11.2. The Hall–Kier alpha value is -2.72. The molecule has 0 amide bonds. The molecule has 6 nitrogen and oxygen atoms in total. The fraction of sp³-hybridized carbons (Fsp3) is 0.444. The minimum absolute atomic E-state index is 0.0591. The quantitative estimate of drug-likeness (QED) is 0.0734. The van der Waals surface area contributed by atoms with E-state index in [4.69, 9.17) is 19.7 Å². The third kappa shape index (κ3) is 10.4. The Morgan fingerprint density at radius 3 is 1.68 bits per heavy atom. The molecule has 0 spiro atoms. The van der Waals surface area contributed by atoms with Gasteiger partial charge >= 0.3 is 0 Å². The summed E-state index contributed by atoms with van der Waals surface area (Å²) in [6, 6.07) is 22.6. The summed E-state index contributed by atoms with van der Waals surface area (Å²) in [6.07, 6.45) is 9.63. The fourth-order valence-corrected chi connectivity index (χ4v) is 7.27. The number of aliphatic hydroxyl groups excluding tert-OH is 4. The number of rotatable bonds is 20. The Balaban J connectivity index is 1.47. The summed E-state index contributed by atoms with van der Waals surface area (Å²) in [7, 11) is 0. The molecule has 2 aromatic heterocycles. The lowest BCUT2D eigenvalue weighted by Gasteiger charge is -2.10. The van der Waals surface area contributed by atoms with Crippen molar-refractivity contribution < 1.29 is 29.9 Å². The molecule has 0 radical (unpaired) electrons. The van der Waals surface area contributed by atoms with Crippen molar-refractivity contribution in [3.8, 4) is 42.1 Å². The van der Waals surface area contributed by atoms with Crippen molar-refractivity contribution in [2.45, 2.75) is 76.9 Å². The number of hydrogen-bond donors (Lipinski definition) is 4. The van der Waals surface area contributed by atoms with Gasteiger partial charge in [0.2, 0.25) is 0 Å². The molecule has 2 atom stereocenters. The van der Waals surface area contributed by atoms with E-state index in [9.17, 15) is 10.2 Å². The largest absolute Gasteiger partial charge is 0.491 e. The van der Waals surface area contributed by atoms with Crippen LogP contribution in [0.1, 0.15) is 63.9 Å². The van der Waals surface area contributed by atoms with E-state index in [1.165, 1.54) is 76.4 Å². The number of unbranched alkanes of at least 4 members (excludes halogenated alkanes) is 7. The second-order valence-corrected chi connectivity index (χ2v) is 13.3. The zero-order chi connectivity index (χ0) is 31.1. The van der Waals surface area contributed by atoms with Crippen LogP contribution in [0.25, 0.3) is 30.6 Å². The van der Waals surface area contributed by atoms with Crippen molar-refractivity contribution in [1.82, 2.24) is 0 Å². The number of benzene rings is 2. The van der Waals surface area contributed by atoms with Gasteiger partial charge in [-0.05, 0) is 96.3 Å². The van der Waals surface area contributed by atoms with Gasteiger partial charge in [-0.2, -0.15) is 0 Å². The summed E-state index contributed by atoms with van der Waals surface area (Å²) in [6.45, 7) is 1.74. The number of thiophene rings is 2. The average Bonchev–Trinajstić information content (AvgIpc) is 3.72. The Labute approximate surface area is 269 Å². The topological polar surface area (TPSA) is 99.4 Å². The van der Waals surface area contributed by atoms with Crippen molar-refractivity contribution in [3.63, 3.8) is 0 Å². The molecule has 2 unspecified atom stereocenters. The Kier molecular flexibility index (Phi) is 14.2. The highest BCUT2D eigenvalue weighted by atomic mass is 32.1. The Morgan fingerprint density at radius 2 is 1.11 bits per heavy atom. The van der Waals surface area contributed by atoms with Gasteiger partial charge in [-0.25, -0.2) is 0 Å². The molecule has 238 valence electrons. The zero-order valence-corrected chi connectivity index (χ0v) is 27.3. The average molecular weight is 639 g/mol. The van der Waals surface area contributed by atoms with Gasteiger partial charge in [-0.3, -0.25) is 0 Å². The van der Waals surface area contributed by atoms with Gasteiger partial charge in [0.05, 0.1) is 13.2 Å². The Morgan fingerprint density at radius 1 is 0.591 bits per heavy atom. The maximum absolute atomic E-state index is 9.61. The first-order valence-electron chi connectivity index (χ1n) is 15.8. The van der Waals surface area contributed by atoms with Crippen LogP contribution >= 0.6 is 22.7 Å². The molecule has 8 heteroatoms. The molecule has 4 aromatic rings. The lowest BCUT2D eigenvalue weighted by molar-refractivity contribution is 0.0536. The van der Waals surface area contributed by atoms with E-state index >= 15 is 0 Å². The minimum Gasteiger partial charge on any atom is -0.491 e. The lowest BCUT2D eigenvalue weighted by atomic mass is 10.0. The van der Waals surface area contributed by atoms with E-state index < -0.39 is 12.2 Å². The predicted molar refractivity (Wildman–Crippen MR) is 182 cm³/mol. The predicted octanol–water partition coefficient (Wildman–Crippen LogP) is 7.96. The summed E-state index contributed by atoms with van der Waals surface area (Å²) in [5.41, 5.74) is 3.64. The fourth-order valence-electron chi connectivity index (χ4n) is 4.96. The molecule has 0 saturated heterocycles. The molecule has 4 N–H and O–H groups in total. The highest BCUT2D eigenvalue weighted by Gasteiger charge is 2.15. The summed E-state index contributed by atoms with van der Waals surface area (Å²) in [4.78, 5) is 4.95. The number of ether oxygens (including phenoxy) is 2. The normalized spacial score (nSPS) is 12.8. The van der Waals surface area contributed by atoms with Gasteiger partial charge in [0.25, 0.3) is 0 Å².